The number of aromatic amines is 2. The molecule has 7 atom stereocenters. The molecule has 0 saturated heterocycles. The Balaban J connectivity index is 2.21. The van der Waals surface area contributed by atoms with Crippen LogP contribution in [-0.4, -0.2) is 107 Å². The highest BCUT2D eigenvalue weighted by atomic mass is 16.4. The number of nitrogens with one attached hydrogen (secondary N) is 6. The van der Waals surface area contributed by atoms with E-state index in [4.69, 9.17) is 10.8 Å². The van der Waals surface area contributed by atoms with Gasteiger partial charge in [-0.15, -0.1) is 0 Å². The van der Waals surface area contributed by atoms with Crippen molar-refractivity contribution in [2.75, 3.05) is 0 Å². The maximum absolute atomic E-state index is 13.3. The topological polar surface area (TPSA) is 295 Å². The summed E-state index contributed by atoms with van der Waals surface area (Å²) in [6.45, 7) is 4.63. The average Bonchev–Trinajstić information content (AvgIpc) is 3.67. The number of nitrogens with two attached hydrogens (primary N) is 1. The third-order valence-corrected chi connectivity index (χ3v) is 6.79. The molecular formula is C26H39N9O9. The first kappa shape index (κ1) is 35.4. The first-order valence-corrected chi connectivity index (χ1v) is 13.8. The van der Waals surface area contributed by atoms with Gasteiger partial charge in [-0.1, -0.05) is 20.3 Å². The van der Waals surface area contributed by atoms with E-state index in [9.17, 15) is 39.0 Å². The fourth-order valence-corrected chi connectivity index (χ4v) is 4.07. The molecule has 0 aliphatic heterocycles. The molecule has 2 heterocycles. The number of aliphatic hydroxyl groups excluding tert-OH is 1. The van der Waals surface area contributed by atoms with Crippen LogP contribution in [0.1, 0.15) is 45.0 Å². The molecule has 44 heavy (non-hydrogen) atoms. The van der Waals surface area contributed by atoms with Crippen LogP contribution in [-0.2, 0) is 41.6 Å². The van der Waals surface area contributed by atoms with Gasteiger partial charge in [0.2, 0.25) is 23.6 Å². The highest BCUT2D eigenvalue weighted by Gasteiger charge is 2.35. The largest absolute Gasteiger partial charge is 0.481 e. The molecule has 0 saturated carbocycles. The summed E-state index contributed by atoms with van der Waals surface area (Å²) in [6, 6.07) is -7.06. The van der Waals surface area contributed by atoms with Gasteiger partial charge in [0.05, 0.1) is 31.2 Å². The number of carboxylic acid groups (broad SMARTS) is 2. The quantitative estimate of drug-likeness (QED) is 0.0806. The second-order valence-corrected chi connectivity index (χ2v) is 10.3. The summed E-state index contributed by atoms with van der Waals surface area (Å²) in [7, 11) is 0. The van der Waals surface area contributed by atoms with E-state index in [1.165, 1.54) is 32.0 Å². The predicted molar refractivity (Wildman–Crippen MR) is 151 cm³/mol. The Morgan fingerprint density at radius 1 is 0.795 bits per heavy atom. The number of carboxylic acids is 2. The summed E-state index contributed by atoms with van der Waals surface area (Å²) < 4.78 is 0. The molecule has 4 amide bonds. The van der Waals surface area contributed by atoms with Crippen molar-refractivity contribution in [1.29, 1.82) is 0 Å². The minimum atomic E-state index is -1.61. The van der Waals surface area contributed by atoms with Gasteiger partial charge in [-0.05, 0) is 12.8 Å². The Morgan fingerprint density at radius 3 is 1.75 bits per heavy atom. The normalized spacial score (nSPS) is 15.8. The maximum Gasteiger partial charge on any atom is 0.326 e. The molecule has 11 N–H and O–H groups in total. The number of aliphatic carboxylic acids is 2. The Labute approximate surface area is 252 Å². The van der Waals surface area contributed by atoms with Gasteiger partial charge in [-0.2, -0.15) is 0 Å². The molecule has 0 aliphatic carbocycles. The van der Waals surface area contributed by atoms with Crippen LogP contribution in [0.5, 0.6) is 0 Å². The lowest BCUT2D eigenvalue weighted by Crippen LogP contribution is -2.62. The summed E-state index contributed by atoms with van der Waals surface area (Å²) in [5, 5.41) is 38.6. The molecule has 0 radical (unpaired) electrons. The molecule has 0 aliphatic rings. The maximum atomic E-state index is 13.3. The van der Waals surface area contributed by atoms with Crippen molar-refractivity contribution in [2.45, 2.75) is 82.8 Å². The van der Waals surface area contributed by atoms with E-state index in [0.717, 1.165) is 0 Å². The number of amides is 4. The van der Waals surface area contributed by atoms with Crippen LogP contribution in [0.4, 0.5) is 0 Å². The lowest BCUT2D eigenvalue weighted by atomic mass is 9.96. The van der Waals surface area contributed by atoms with Gasteiger partial charge in [0.15, 0.2) is 0 Å². The number of aliphatic hydroxyl groups is 1. The average molecular weight is 622 g/mol. The summed E-state index contributed by atoms with van der Waals surface area (Å²) in [4.78, 5) is 88.3. The van der Waals surface area contributed by atoms with E-state index in [0.29, 0.717) is 17.8 Å². The molecular weight excluding hydrogens is 582 g/mol. The van der Waals surface area contributed by atoms with Crippen LogP contribution in [0.3, 0.4) is 0 Å². The van der Waals surface area contributed by atoms with E-state index >= 15 is 0 Å². The molecule has 0 unspecified atom stereocenters. The van der Waals surface area contributed by atoms with Crippen molar-refractivity contribution >= 4 is 35.6 Å². The number of imidazole rings is 2. The van der Waals surface area contributed by atoms with Gasteiger partial charge in [-0.25, -0.2) is 14.8 Å². The molecule has 18 heteroatoms. The van der Waals surface area contributed by atoms with Crippen molar-refractivity contribution in [2.24, 2.45) is 11.7 Å². The van der Waals surface area contributed by atoms with E-state index in [-0.39, 0.29) is 12.8 Å². The van der Waals surface area contributed by atoms with Crippen LogP contribution in [0.15, 0.2) is 25.0 Å². The second-order valence-electron chi connectivity index (χ2n) is 10.3. The second kappa shape index (κ2) is 16.7. The SMILES string of the molecule is CC[C@H](C)[C@H](NC(=O)[C@@H](NC(=O)[C@H](Cc1cnc[nH]1)NC(=O)[C@@H](N)CC(=O)O)[C@@H](C)O)C(=O)N[C@@H](Cc1cnc[nH]1)C(=O)O. The third kappa shape index (κ3) is 10.8. The van der Waals surface area contributed by atoms with Crippen molar-refractivity contribution < 1.29 is 44.1 Å². The smallest absolute Gasteiger partial charge is 0.326 e. The lowest BCUT2D eigenvalue weighted by Gasteiger charge is -2.29. The van der Waals surface area contributed by atoms with Crippen LogP contribution >= 0.6 is 0 Å². The van der Waals surface area contributed by atoms with Gasteiger partial charge in [0, 0.05) is 36.6 Å². The molecule has 2 rings (SSSR count). The van der Waals surface area contributed by atoms with Crippen molar-refractivity contribution in [1.82, 2.24) is 41.2 Å². The Bertz CT molecular complexity index is 1270. The van der Waals surface area contributed by atoms with Crippen LogP contribution in [0, 0.1) is 5.92 Å². The zero-order chi connectivity index (χ0) is 33.0. The third-order valence-electron chi connectivity index (χ3n) is 6.79. The first-order valence-electron chi connectivity index (χ1n) is 13.8. The van der Waals surface area contributed by atoms with Crippen molar-refractivity contribution in [3.05, 3.63) is 36.4 Å². The van der Waals surface area contributed by atoms with Gasteiger partial charge in [0.25, 0.3) is 0 Å². The molecule has 0 spiro atoms. The van der Waals surface area contributed by atoms with E-state index < -0.39 is 84.2 Å². The zero-order valence-corrected chi connectivity index (χ0v) is 24.4. The first-order chi connectivity index (χ1) is 20.7. The highest BCUT2D eigenvalue weighted by molar-refractivity contribution is 5.96. The molecule has 0 bridgehead atoms. The fourth-order valence-electron chi connectivity index (χ4n) is 4.07. The molecule has 0 aromatic carbocycles. The summed E-state index contributed by atoms with van der Waals surface area (Å²) in [6.07, 6.45) is 3.44. The van der Waals surface area contributed by atoms with Crippen LogP contribution in [0.2, 0.25) is 0 Å². The fraction of sp³-hybridized carbons (Fsp3) is 0.538. The van der Waals surface area contributed by atoms with Crippen molar-refractivity contribution in [3.8, 4) is 0 Å². The summed E-state index contributed by atoms with van der Waals surface area (Å²) >= 11 is 0. The number of aromatic nitrogens is 4. The van der Waals surface area contributed by atoms with E-state index in [1.807, 2.05) is 0 Å². The molecule has 0 fully saturated rings. The van der Waals surface area contributed by atoms with E-state index in [2.05, 4.69) is 41.2 Å². The van der Waals surface area contributed by atoms with Gasteiger partial charge in [-0.3, -0.25) is 24.0 Å². The molecule has 2 aromatic rings. The number of nitrogens with zero attached hydrogens (tertiary/aromatic N) is 2. The Kier molecular flexibility index (Phi) is 13.4. The molecule has 242 valence electrons. The monoisotopic (exact) mass is 621 g/mol. The number of hydrogen-bond acceptors (Lipinski definition) is 10. The molecule has 2 aromatic heterocycles. The summed E-state index contributed by atoms with van der Waals surface area (Å²) in [5.74, 6) is -6.76. The van der Waals surface area contributed by atoms with E-state index in [1.54, 1.807) is 13.8 Å². The molecule has 18 nitrogen and oxygen atoms in total. The number of hydrogen-bond donors (Lipinski definition) is 10. The van der Waals surface area contributed by atoms with Gasteiger partial charge < -0.3 is 52.3 Å². The number of carbonyl (C=O) groups excluding carboxylic acids is 4. The minimum absolute atomic E-state index is 0.103. The number of carbonyl (C=O) groups is 6. The minimum Gasteiger partial charge on any atom is -0.481 e. The summed E-state index contributed by atoms with van der Waals surface area (Å²) in [5.41, 5.74) is 6.49. The lowest BCUT2D eigenvalue weighted by molar-refractivity contribution is -0.143. The Morgan fingerprint density at radius 2 is 1.30 bits per heavy atom. The predicted octanol–water partition coefficient (Wildman–Crippen LogP) is -2.83. The Hall–Kier alpha value is -4.84. The zero-order valence-electron chi connectivity index (χ0n) is 24.4. The van der Waals surface area contributed by atoms with Gasteiger partial charge >= 0.3 is 11.9 Å². The number of rotatable bonds is 18. The highest BCUT2D eigenvalue weighted by Crippen LogP contribution is 2.11. The van der Waals surface area contributed by atoms with Crippen LogP contribution in [0.25, 0.3) is 0 Å². The van der Waals surface area contributed by atoms with Gasteiger partial charge in [0.1, 0.15) is 24.2 Å². The van der Waals surface area contributed by atoms with Crippen molar-refractivity contribution in [3.63, 3.8) is 0 Å². The van der Waals surface area contributed by atoms with Crippen LogP contribution < -0.4 is 27.0 Å². The number of H-pyrrole nitrogens is 2. The standard InChI is InChI=1S/C26H39N9O9/c1-4-12(2)20(24(41)33-18(26(43)44)6-15-9-29-11-31-15)34-25(42)21(13(3)36)35-23(40)17(5-14-8-28-10-30-14)32-22(39)16(27)7-19(37)38/h8-13,16-18,20-21,36H,4-7,27H2,1-3H3,(H,28,30)(H,29,31)(H,32,39)(H,33,41)(H,34,42)(H,35,40)(H,37,38)(H,43,44)/t12-,13+,16-,17-,18-,20-,21-/m0/s1.